The molecule has 2 saturated heterocycles. The van der Waals surface area contributed by atoms with Crippen molar-refractivity contribution in [3.8, 4) is 5.75 Å². The minimum absolute atomic E-state index is 0.000725. The van der Waals surface area contributed by atoms with Crippen LogP contribution in [-0.4, -0.2) is 79.4 Å². The van der Waals surface area contributed by atoms with E-state index >= 15 is 0 Å². The monoisotopic (exact) mass is 345 g/mol. The molecule has 0 unspecified atom stereocenters. The van der Waals surface area contributed by atoms with E-state index in [4.69, 9.17) is 4.74 Å². The van der Waals surface area contributed by atoms with Crippen molar-refractivity contribution in [3.05, 3.63) is 29.8 Å². The third kappa shape index (κ3) is 3.95. The molecule has 3 rings (SSSR count). The first-order chi connectivity index (χ1) is 12.1. The maximum absolute atomic E-state index is 12.8. The lowest BCUT2D eigenvalue weighted by molar-refractivity contribution is -0.139. The van der Waals surface area contributed by atoms with Gasteiger partial charge in [-0.15, -0.1) is 0 Å². The fourth-order valence-corrected chi connectivity index (χ4v) is 3.67. The fraction of sp³-hybridized carbons (Fsp3) is 0.579. The zero-order valence-corrected chi connectivity index (χ0v) is 15.1. The largest absolute Gasteiger partial charge is 0.497 e. The Bertz CT molecular complexity index is 626. The summed E-state index contributed by atoms with van der Waals surface area (Å²) < 4.78 is 5.19. The minimum Gasteiger partial charge on any atom is -0.497 e. The number of nitrogens with zero attached hydrogens (tertiary/aromatic N) is 3. The van der Waals surface area contributed by atoms with Gasteiger partial charge in [0.2, 0.25) is 5.91 Å². The van der Waals surface area contributed by atoms with Gasteiger partial charge in [-0.25, -0.2) is 0 Å². The molecule has 6 nitrogen and oxygen atoms in total. The molecule has 1 atom stereocenters. The Hall–Kier alpha value is -2.08. The molecule has 0 radical (unpaired) electrons. The Labute approximate surface area is 149 Å². The van der Waals surface area contributed by atoms with Gasteiger partial charge >= 0.3 is 0 Å². The van der Waals surface area contributed by atoms with Gasteiger partial charge < -0.3 is 14.5 Å². The van der Waals surface area contributed by atoms with Gasteiger partial charge in [-0.1, -0.05) is 12.5 Å². The number of carbonyl (C=O) groups is 2. The molecule has 2 aliphatic heterocycles. The van der Waals surface area contributed by atoms with Crippen LogP contribution < -0.4 is 4.74 Å². The normalized spacial score (nSPS) is 21.9. The van der Waals surface area contributed by atoms with Crippen LogP contribution in [0.5, 0.6) is 5.75 Å². The lowest BCUT2D eigenvalue weighted by atomic mass is 10.0. The fourth-order valence-electron chi connectivity index (χ4n) is 3.67. The third-order valence-electron chi connectivity index (χ3n) is 5.25. The number of benzene rings is 1. The number of likely N-dealkylation sites (N-methyl/N-ethyl adjacent to an activating group) is 1. The Morgan fingerprint density at radius 3 is 2.44 bits per heavy atom. The molecule has 0 saturated carbocycles. The summed E-state index contributed by atoms with van der Waals surface area (Å²) >= 11 is 0. The summed E-state index contributed by atoms with van der Waals surface area (Å²) in [4.78, 5) is 31.3. The van der Waals surface area contributed by atoms with Crippen molar-refractivity contribution >= 4 is 11.8 Å². The molecular weight excluding hydrogens is 318 g/mol. The first kappa shape index (κ1) is 17.7. The van der Waals surface area contributed by atoms with Crippen molar-refractivity contribution < 1.29 is 14.3 Å². The maximum Gasteiger partial charge on any atom is 0.254 e. The molecule has 2 aliphatic rings. The number of methoxy groups -OCH3 is 1. The molecular formula is C19H27N3O3. The van der Waals surface area contributed by atoms with Crippen molar-refractivity contribution in [1.29, 1.82) is 0 Å². The van der Waals surface area contributed by atoms with Crippen LogP contribution in [0.4, 0.5) is 0 Å². The van der Waals surface area contributed by atoms with Crippen molar-refractivity contribution in [2.45, 2.75) is 25.3 Å². The number of piperazine rings is 1. The highest BCUT2D eigenvalue weighted by Crippen LogP contribution is 2.19. The number of hydrogen-bond donors (Lipinski definition) is 0. The van der Waals surface area contributed by atoms with E-state index in [1.54, 1.807) is 19.2 Å². The average Bonchev–Trinajstić information content (AvgIpc) is 2.67. The molecule has 2 amide bonds. The van der Waals surface area contributed by atoms with Crippen LogP contribution in [0.2, 0.25) is 0 Å². The molecule has 0 aromatic heterocycles. The van der Waals surface area contributed by atoms with Crippen LogP contribution in [-0.2, 0) is 4.79 Å². The lowest BCUT2D eigenvalue weighted by Crippen LogP contribution is -2.56. The van der Waals surface area contributed by atoms with E-state index in [1.807, 2.05) is 29.0 Å². The summed E-state index contributed by atoms with van der Waals surface area (Å²) in [7, 11) is 3.63. The van der Waals surface area contributed by atoms with Gasteiger partial charge in [-0.3, -0.25) is 14.5 Å². The topological polar surface area (TPSA) is 53.1 Å². The van der Waals surface area contributed by atoms with E-state index in [1.165, 1.54) is 6.42 Å². The average molecular weight is 345 g/mol. The van der Waals surface area contributed by atoms with Gasteiger partial charge in [0.25, 0.3) is 5.91 Å². The second kappa shape index (κ2) is 7.87. The number of piperidine rings is 1. The Kier molecular flexibility index (Phi) is 5.58. The molecule has 6 heteroatoms. The minimum atomic E-state index is 0.000725. The summed E-state index contributed by atoms with van der Waals surface area (Å²) in [6, 6.07) is 7.23. The number of rotatable bonds is 3. The quantitative estimate of drug-likeness (QED) is 0.832. The smallest absolute Gasteiger partial charge is 0.254 e. The van der Waals surface area contributed by atoms with Crippen LogP contribution >= 0.6 is 0 Å². The lowest BCUT2D eigenvalue weighted by Gasteiger charge is -2.39. The van der Waals surface area contributed by atoms with Crippen LogP contribution in [0, 0.1) is 0 Å². The van der Waals surface area contributed by atoms with Crippen LogP contribution in [0.25, 0.3) is 0 Å². The van der Waals surface area contributed by atoms with Gasteiger partial charge in [-0.05, 0) is 44.6 Å². The first-order valence-electron chi connectivity index (χ1n) is 9.02. The Morgan fingerprint density at radius 2 is 1.76 bits per heavy atom. The van der Waals surface area contributed by atoms with E-state index in [2.05, 4.69) is 4.90 Å². The number of hydrogen-bond acceptors (Lipinski definition) is 4. The number of carbonyl (C=O) groups excluding carboxylic acids is 2. The van der Waals surface area contributed by atoms with Crippen molar-refractivity contribution in [1.82, 2.24) is 14.7 Å². The second-order valence-electron chi connectivity index (χ2n) is 6.84. The second-order valence-corrected chi connectivity index (χ2v) is 6.84. The molecule has 0 N–H and O–H groups in total. The predicted octanol–water partition coefficient (Wildman–Crippen LogP) is 1.46. The molecule has 2 heterocycles. The van der Waals surface area contributed by atoms with E-state index < -0.39 is 0 Å². The molecule has 0 aliphatic carbocycles. The number of likely N-dealkylation sites (tertiary alicyclic amines) is 1. The van der Waals surface area contributed by atoms with E-state index in [0.717, 1.165) is 19.4 Å². The summed E-state index contributed by atoms with van der Waals surface area (Å²) in [5.41, 5.74) is 0.631. The predicted molar refractivity (Wildman–Crippen MR) is 95.7 cm³/mol. The van der Waals surface area contributed by atoms with Crippen molar-refractivity contribution in [2.24, 2.45) is 0 Å². The molecule has 1 aromatic carbocycles. The van der Waals surface area contributed by atoms with Gasteiger partial charge in [0.15, 0.2) is 0 Å². The van der Waals surface area contributed by atoms with Gasteiger partial charge in [0.05, 0.1) is 13.2 Å². The molecule has 136 valence electrons. The van der Waals surface area contributed by atoms with Crippen molar-refractivity contribution in [3.63, 3.8) is 0 Å². The summed E-state index contributed by atoms with van der Waals surface area (Å²) in [6.07, 6.45) is 3.23. The van der Waals surface area contributed by atoms with E-state index in [-0.39, 0.29) is 17.9 Å². The van der Waals surface area contributed by atoms with E-state index in [0.29, 0.717) is 37.5 Å². The van der Waals surface area contributed by atoms with Crippen LogP contribution in [0.1, 0.15) is 29.6 Å². The van der Waals surface area contributed by atoms with Gasteiger partial charge in [0, 0.05) is 31.7 Å². The number of amides is 2. The van der Waals surface area contributed by atoms with Crippen LogP contribution in [0.15, 0.2) is 24.3 Å². The van der Waals surface area contributed by atoms with Crippen LogP contribution in [0.3, 0.4) is 0 Å². The SMILES string of the molecule is COc1cccc(C(=O)N2CCN(C(=O)[C@@H]3CCCCN3C)CC2)c1. The standard InChI is InChI=1S/C19H27N3O3/c1-20-9-4-3-8-17(20)19(24)22-12-10-21(11-13-22)18(23)15-6-5-7-16(14-15)25-2/h5-7,14,17H,3-4,8-13H2,1-2H3/t17-/m0/s1. The highest BCUT2D eigenvalue weighted by atomic mass is 16.5. The summed E-state index contributed by atoms with van der Waals surface area (Å²) in [5.74, 6) is 0.900. The number of ether oxygens (including phenoxy) is 1. The van der Waals surface area contributed by atoms with E-state index in [9.17, 15) is 9.59 Å². The molecule has 2 fully saturated rings. The Balaban J connectivity index is 1.57. The van der Waals surface area contributed by atoms with Gasteiger partial charge in [0.1, 0.15) is 5.75 Å². The molecule has 1 aromatic rings. The third-order valence-corrected chi connectivity index (χ3v) is 5.25. The molecule has 0 bridgehead atoms. The Morgan fingerprint density at radius 1 is 1.04 bits per heavy atom. The van der Waals surface area contributed by atoms with Gasteiger partial charge in [-0.2, -0.15) is 0 Å². The summed E-state index contributed by atoms with van der Waals surface area (Å²) in [6.45, 7) is 3.37. The first-order valence-corrected chi connectivity index (χ1v) is 9.02. The maximum atomic E-state index is 12.8. The highest BCUT2D eigenvalue weighted by molar-refractivity contribution is 5.94. The molecule has 0 spiro atoms. The zero-order valence-electron chi connectivity index (χ0n) is 15.1. The van der Waals surface area contributed by atoms with Crippen molar-refractivity contribution in [2.75, 3.05) is 46.9 Å². The highest BCUT2D eigenvalue weighted by Gasteiger charge is 2.32. The molecule has 25 heavy (non-hydrogen) atoms. The summed E-state index contributed by atoms with van der Waals surface area (Å²) in [5, 5.41) is 0. The zero-order chi connectivity index (χ0) is 17.8.